The van der Waals surface area contributed by atoms with Gasteiger partial charge in [-0.3, -0.25) is 9.89 Å². The van der Waals surface area contributed by atoms with Crippen LogP contribution < -0.4 is 5.32 Å². The lowest BCUT2D eigenvalue weighted by molar-refractivity contribution is -0.140. The van der Waals surface area contributed by atoms with Crippen molar-refractivity contribution in [1.82, 2.24) is 20.1 Å². The molecule has 2 fully saturated rings. The Morgan fingerprint density at radius 2 is 2.11 bits per heavy atom. The Bertz CT molecular complexity index is 621. The molecule has 6 nitrogen and oxygen atoms in total. The monoisotopic (exact) mass is 519 g/mol. The van der Waals surface area contributed by atoms with Crippen LogP contribution in [0.5, 0.6) is 0 Å². The second-order valence-corrected chi connectivity index (χ2v) is 7.33. The molecule has 0 saturated carbocycles. The number of aromatic nitrogens is 1. The molecule has 2 saturated heterocycles. The summed E-state index contributed by atoms with van der Waals surface area (Å²) < 4.78 is 43.2. The molecule has 1 aromatic heterocycles. The summed E-state index contributed by atoms with van der Waals surface area (Å²) >= 11 is 1.04. The van der Waals surface area contributed by atoms with E-state index in [0.29, 0.717) is 24.0 Å². The molecule has 0 spiro atoms. The zero-order chi connectivity index (χ0) is 18.6. The van der Waals surface area contributed by atoms with Crippen LogP contribution in [0.2, 0.25) is 0 Å². The summed E-state index contributed by atoms with van der Waals surface area (Å²) in [6.07, 6.45) is -2.84. The van der Waals surface area contributed by atoms with Crippen molar-refractivity contribution in [2.24, 2.45) is 4.99 Å². The van der Waals surface area contributed by atoms with Gasteiger partial charge in [0.25, 0.3) is 0 Å². The number of thiazole rings is 1. The van der Waals surface area contributed by atoms with E-state index in [-0.39, 0.29) is 24.0 Å². The van der Waals surface area contributed by atoms with Crippen LogP contribution in [-0.4, -0.2) is 79.8 Å². The molecule has 2 aliphatic heterocycles. The fraction of sp³-hybridized carbons (Fsp3) is 0.750. The maximum Gasteiger partial charge on any atom is 0.434 e. The van der Waals surface area contributed by atoms with Gasteiger partial charge in [-0.25, -0.2) is 4.98 Å². The highest BCUT2D eigenvalue weighted by atomic mass is 127. The lowest BCUT2D eigenvalue weighted by Gasteiger charge is -2.32. The molecule has 1 unspecified atom stereocenters. The van der Waals surface area contributed by atoms with Crippen molar-refractivity contribution in [1.29, 1.82) is 0 Å². The van der Waals surface area contributed by atoms with Crippen molar-refractivity contribution >= 4 is 41.3 Å². The highest BCUT2D eigenvalue weighted by Gasteiger charge is 2.33. The molecule has 3 heterocycles. The first kappa shape index (κ1) is 22.6. The third-order valence-electron chi connectivity index (χ3n) is 4.70. The number of rotatable bonds is 4. The number of likely N-dealkylation sites (tertiary alicyclic amines) is 1. The number of nitrogens with zero attached hydrogens (tertiary/aromatic N) is 4. The lowest BCUT2D eigenvalue weighted by atomic mass is 10.2. The van der Waals surface area contributed by atoms with E-state index in [1.54, 1.807) is 7.05 Å². The Morgan fingerprint density at radius 1 is 1.37 bits per heavy atom. The number of guanidine groups is 1. The normalized spacial score (nSPS) is 22.0. The smallest absolute Gasteiger partial charge is 0.379 e. The molecule has 0 radical (unpaired) electrons. The van der Waals surface area contributed by atoms with E-state index in [1.807, 2.05) is 0 Å². The van der Waals surface area contributed by atoms with Crippen LogP contribution in [0.4, 0.5) is 13.2 Å². The van der Waals surface area contributed by atoms with Crippen LogP contribution in [0.25, 0.3) is 0 Å². The first-order valence-electron chi connectivity index (χ1n) is 8.76. The van der Waals surface area contributed by atoms with E-state index in [9.17, 15) is 13.2 Å². The predicted octanol–water partition coefficient (Wildman–Crippen LogP) is 2.30. The Hall–Kier alpha value is -0.660. The van der Waals surface area contributed by atoms with Gasteiger partial charge in [-0.15, -0.1) is 35.3 Å². The van der Waals surface area contributed by atoms with E-state index in [1.165, 1.54) is 0 Å². The minimum absolute atomic E-state index is 0. The van der Waals surface area contributed by atoms with Crippen LogP contribution in [0, 0.1) is 0 Å². The molecule has 11 heteroatoms. The van der Waals surface area contributed by atoms with Crippen molar-refractivity contribution in [3.8, 4) is 0 Å². The molecule has 1 aromatic rings. The van der Waals surface area contributed by atoms with Gasteiger partial charge in [-0.1, -0.05) is 0 Å². The third kappa shape index (κ3) is 6.16. The molecule has 0 aliphatic carbocycles. The van der Waals surface area contributed by atoms with Gasteiger partial charge >= 0.3 is 6.18 Å². The van der Waals surface area contributed by atoms with E-state index < -0.39 is 11.9 Å². The molecule has 0 amide bonds. The molecular formula is C16H25F3IN5OS. The fourth-order valence-corrected chi connectivity index (χ4v) is 4.15. The van der Waals surface area contributed by atoms with Crippen molar-refractivity contribution < 1.29 is 17.9 Å². The number of aliphatic imine (C=N–C) groups is 1. The van der Waals surface area contributed by atoms with Crippen molar-refractivity contribution in [3.05, 3.63) is 16.1 Å². The largest absolute Gasteiger partial charge is 0.434 e. The minimum atomic E-state index is -4.37. The topological polar surface area (TPSA) is 53.0 Å². The van der Waals surface area contributed by atoms with E-state index in [4.69, 9.17) is 4.74 Å². The molecule has 27 heavy (non-hydrogen) atoms. The maximum absolute atomic E-state index is 12.6. The summed E-state index contributed by atoms with van der Waals surface area (Å²) in [4.78, 5) is 12.6. The summed E-state index contributed by atoms with van der Waals surface area (Å²) in [5.74, 6) is 0.799. The predicted molar refractivity (Wildman–Crippen MR) is 110 cm³/mol. The van der Waals surface area contributed by atoms with E-state index in [0.717, 1.165) is 68.5 Å². The molecular weight excluding hydrogens is 494 g/mol. The number of alkyl halides is 3. The standard InChI is InChI=1S/C16H24F3N5OS.HI/c1-20-15(21-4-2-14-22-13(11-26-14)16(17,18)19)24-5-3-12(10-24)23-6-8-25-9-7-23;/h11-12H,2-10H2,1H3,(H,20,21);1H. The molecule has 1 N–H and O–H groups in total. The quantitative estimate of drug-likeness (QED) is 0.376. The van der Waals surface area contributed by atoms with Gasteiger partial charge in [-0.2, -0.15) is 13.2 Å². The number of nitrogens with one attached hydrogen (secondary N) is 1. The molecule has 154 valence electrons. The summed E-state index contributed by atoms with van der Waals surface area (Å²) in [5, 5.41) is 4.80. The second kappa shape index (κ2) is 10.2. The number of hydrogen-bond donors (Lipinski definition) is 1. The van der Waals surface area contributed by atoms with Crippen LogP contribution in [0.15, 0.2) is 10.4 Å². The fourth-order valence-electron chi connectivity index (χ4n) is 3.34. The Morgan fingerprint density at radius 3 is 2.74 bits per heavy atom. The third-order valence-corrected chi connectivity index (χ3v) is 5.61. The molecule has 1 atom stereocenters. The molecule has 3 rings (SSSR count). The highest BCUT2D eigenvalue weighted by molar-refractivity contribution is 14.0. The lowest BCUT2D eigenvalue weighted by Crippen LogP contribution is -2.46. The number of ether oxygens (including phenoxy) is 1. The SMILES string of the molecule is CN=C(NCCc1nc(C(F)(F)F)cs1)N1CCC(N2CCOCC2)C1.I. The van der Waals surface area contributed by atoms with E-state index >= 15 is 0 Å². The summed E-state index contributed by atoms with van der Waals surface area (Å²) in [6.45, 7) is 5.86. The number of halogens is 4. The zero-order valence-corrected chi connectivity index (χ0v) is 18.3. The first-order chi connectivity index (χ1) is 12.5. The highest BCUT2D eigenvalue weighted by Crippen LogP contribution is 2.30. The van der Waals surface area contributed by atoms with Crippen molar-refractivity contribution in [3.63, 3.8) is 0 Å². The molecule has 0 bridgehead atoms. The molecule has 0 aromatic carbocycles. The van der Waals surface area contributed by atoms with Crippen LogP contribution in [-0.2, 0) is 17.3 Å². The number of hydrogen-bond acceptors (Lipinski definition) is 5. The van der Waals surface area contributed by atoms with Crippen molar-refractivity contribution in [2.75, 3.05) is 53.0 Å². The van der Waals surface area contributed by atoms with Gasteiger partial charge in [0.1, 0.15) is 0 Å². The summed E-state index contributed by atoms with van der Waals surface area (Å²) in [5.41, 5.74) is -0.810. The van der Waals surface area contributed by atoms with Gasteiger partial charge in [-0.05, 0) is 6.42 Å². The maximum atomic E-state index is 12.6. The van der Waals surface area contributed by atoms with Gasteiger partial charge in [0.05, 0.1) is 18.2 Å². The van der Waals surface area contributed by atoms with Crippen molar-refractivity contribution in [2.45, 2.75) is 25.1 Å². The summed E-state index contributed by atoms with van der Waals surface area (Å²) in [6, 6.07) is 0.505. The van der Waals surface area contributed by atoms with Crippen LogP contribution in [0.3, 0.4) is 0 Å². The number of morpholine rings is 1. The van der Waals surface area contributed by atoms with Crippen LogP contribution in [0.1, 0.15) is 17.1 Å². The first-order valence-corrected chi connectivity index (χ1v) is 9.64. The van der Waals surface area contributed by atoms with Gasteiger partial charge in [0, 0.05) is 57.6 Å². The van der Waals surface area contributed by atoms with Gasteiger partial charge < -0.3 is 15.0 Å². The average Bonchev–Trinajstić information content (AvgIpc) is 3.29. The second-order valence-electron chi connectivity index (χ2n) is 6.39. The zero-order valence-electron chi connectivity index (χ0n) is 15.2. The van der Waals surface area contributed by atoms with Gasteiger partial charge in [0.2, 0.25) is 0 Å². The average molecular weight is 519 g/mol. The molecule has 2 aliphatic rings. The Kier molecular flexibility index (Phi) is 8.56. The van der Waals surface area contributed by atoms with Crippen LogP contribution >= 0.6 is 35.3 Å². The van der Waals surface area contributed by atoms with E-state index in [2.05, 4.69) is 25.1 Å². The Balaban J connectivity index is 0.00000261. The summed E-state index contributed by atoms with van der Waals surface area (Å²) in [7, 11) is 1.73. The van der Waals surface area contributed by atoms with Gasteiger partial charge in [0.15, 0.2) is 11.7 Å². The Labute approximate surface area is 178 Å². The minimum Gasteiger partial charge on any atom is -0.379 e.